The normalized spacial score (nSPS) is 12.9. The maximum atomic E-state index is 12.2. The first-order valence-electron chi connectivity index (χ1n) is 4.65. The van der Waals surface area contributed by atoms with Gasteiger partial charge in [0.25, 0.3) is 0 Å². The van der Waals surface area contributed by atoms with E-state index in [1.165, 1.54) is 10.8 Å². The summed E-state index contributed by atoms with van der Waals surface area (Å²) in [5, 5.41) is 0. The summed E-state index contributed by atoms with van der Waals surface area (Å²) in [5.41, 5.74) is -4.95. The fourth-order valence-corrected chi connectivity index (χ4v) is 1.87. The number of hydrogen-bond donors (Lipinski definition) is 1. The molecule has 1 aromatic carbocycles. The summed E-state index contributed by atoms with van der Waals surface area (Å²) >= 11 is 0. The molecule has 1 heterocycles. The van der Waals surface area contributed by atoms with Crippen molar-refractivity contribution in [1.29, 1.82) is 0 Å². The van der Waals surface area contributed by atoms with Crippen LogP contribution in [0.3, 0.4) is 0 Å². The van der Waals surface area contributed by atoms with Crippen LogP contribution in [0.2, 0.25) is 0 Å². The van der Waals surface area contributed by atoms with Crippen LogP contribution in [-0.4, -0.2) is 18.9 Å². The van der Waals surface area contributed by atoms with Gasteiger partial charge >= 0.3 is 15.5 Å². The van der Waals surface area contributed by atoms with Crippen molar-refractivity contribution >= 4 is 26.8 Å². The lowest BCUT2D eigenvalue weighted by molar-refractivity contribution is -0.0429. The predicted octanol–water partition coefficient (Wildman–Crippen LogP) is 2.40. The first-order valence-corrected chi connectivity index (χ1v) is 6.14. The molecule has 0 amide bonds. The lowest BCUT2D eigenvalue weighted by Crippen LogP contribution is -2.29. The zero-order valence-electron chi connectivity index (χ0n) is 8.95. The third-order valence-electron chi connectivity index (χ3n) is 2.05. The molecule has 0 aliphatic heterocycles. The van der Waals surface area contributed by atoms with Crippen molar-refractivity contribution in [3.05, 3.63) is 24.1 Å². The number of alkyl halides is 3. The van der Waals surface area contributed by atoms with Gasteiger partial charge in [-0.25, -0.2) is 4.98 Å². The second-order valence-electron chi connectivity index (χ2n) is 3.47. The van der Waals surface area contributed by atoms with E-state index in [-0.39, 0.29) is 11.2 Å². The lowest BCUT2D eigenvalue weighted by atomic mass is 10.3. The molecule has 0 aliphatic carbocycles. The Morgan fingerprint density at radius 2 is 2.00 bits per heavy atom. The largest absolute Gasteiger partial charge is 0.516 e. The van der Waals surface area contributed by atoms with Gasteiger partial charge in [-0.3, -0.25) is 4.72 Å². The molecule has 2 aromatic rings. The number of aryl methyl sites for hydroxylation is 1. The molecule has 0 unspecified atom stereocenters. The van der Waals surface area contributed by atoms with E-state index >= 15 is 0 Å². The highest BCUT2D eigenvalue weighted by Gasteiger charge is 2.46. The van der Waals surface area contributed by atoms with Crippen LogP contribution >= 0.6 is 0 Å². The molecule has 0 bridgehead atoms. The van der Waals surface area contributed by atoms with Crippen LogP contribution in [-0.2, 0) is 10.0 Å². The summed E-state index contributed by atoms with van der Waals surface area (Å²) in [5.74, 6) is 0.334. The van der Waals surface area contributed by atoms with E-state index in [9.17, 15) is 21.6 Å². The maximum absolute atomic E-state index is 12.2. The van der Waals surface area contributed by atoms with Gasteiger partial charge in [0.05, 0.1) is 5.69 Å². The first kappa shape index (κ1) is 12.7. The van der Waals surface area contributed by atoms with Crippen molar-refractivity contribution in [2.75, 3.05) is 4.72 Å². The SMILES string of the molecule is Cc1nc2cc(NS(=O)(=O)C(F)(F)F)ccc2o1. The number of sulfonamides is 1. The Morgan fingerprint density at radius 1 is 1.33 bits per heavy atom. The Hall–Kier alpha value is -1.77. The lowest BCUT2D eigenvalue weighted by Gasteiger charge is -2.09. The molecule has 0 aliphatic rings. The van der Waals surface area contributed by atoms with E-state index in [0.717, 1.165) is 12.1 Å². The Morgan fingerprint density at radius 3 is 2.61 bits per heavy atom. The summed E-state index contributed by atoms with van der Waals surface area (Å²) in [6.45, 7) is 1.57. The molecule has 0 spiro atoms. The van der Waals surface area contributed by atoms with E-state index in [1.807, 2.05) is 0 Å². The van der Waals surface area contributed by atoms with Crippen molar-refractivity contribution in [2.45, 2.75) is 12.4 Å². The molecule has 0 saturated carbocycles. The van der Waals surface area contributed by atoms with Gasteiger partial charge in [0.2, 0.25) is 0 Å². The van der Waals surface area contributed by atoms with Crippen LogP contribution in [0.25, 0.3) is 11.1 Å². The number of nitrogens with zero attached hydrogens (tertiary/aromatic N) is 1. The number of anilines is 1. The van der Waals surface area contributed by atoms with Gasteiger partial charge in [0.1, 0.15) is 5.52 Å². The monoisotopic (exact) mass is 280 g/mol. The molecule has 2 rings (SSSR count). The second-order valence-corrected chi connectivity index (χ2v) is 5.14. The van der Waals surface area contributed by atoms with Gasteiger partial charge in [-0.2, -0.15) is 21.6 Å². The molecule has 0 atom stereocenters. The molecule has 98 valence electrons. The van der Waals surface area contributed by atoms with Crippen molar-refractivity contribution in [2.24, 2.45) is 0 Å². The molecule has 5 nitrogen and oxygen atoms in total. The number of aromatic nitrogens is 1. The highest BCUT2D eigenvalue weighted by molar-refractivity contribution is 7.93. The van der Waals surface area contributed by atoms with Crippen LogP contribution in [0, 0.1) is 6.92 Å². The number of oxazole rings is 1. The molecule has 1 aromatic heterocycles. The van der Waals surface area contributed by atoms with Crippen LogP contribution in [0.4, 0.5) is 18.9 Å². The second kappa shape index (κ2) is 3.87. The fraction of sp³-hybridized carbons (Fsp3) is 0.222. The van der Waals surface area contributed by atoms with Crippen LogP contribution < -0.4 is 4.72 Å². The summed E-state index contributed by atoms with van der Waals surface area (Å²) in [7, 11) is -5.42. The van der Waals surface area contributed by atoms with E-state index < -0.39 is 15.5 Å². The van der Waals surface area contributed by atoms with Gasteiger partial charge < -0.3 is 4.42 Å². The first-order chi connectivity index (χ1) is 8.19. The van der Waals surface area contributed by atoms with Crippen molar-refractivity contribution < 1.29 is 26.0 Å². The third kappa shape index (κ3) is 2.26. The predicted molar refractivity (Wildman–Crippen MR) is 57.3 cm³/mol. The van der Waals surface area contributed by atoms with Gasteiger partial charge in [-0.15, -0.1) is 0 Å². The van der Waals surface area contributed by atoms with Crippen molar-refractivity contribution in [1.82, 2.24) is 4.98 Å². The number of halogens is 3. The minimum absolute atomic E-state index is 0.229. The highest BCUT2D eigenvalue weighted by atomic mass is 32.2. The summed E-state index contributed by atoms with van der Waals surface area (Å²) in [6.07, 6.45) is 0. The smallest absolute Gasteiger partial charge is 0.441 e. The molecular weight excluding hydrogens is 273 g/mol. The Balaban J connectivity index is 2.38. The Labute approximate surface area is 99.7 Å². The molecule has 0 radical (unpaired) electrons. The van der Waals surface area contributed by atoms with E-state index in [4.69, 9.17) is 4.42 Å². The average Bonchev–Trinajstić information content (AvgIpc) is 2.54. The minimum Gasteiger partial charge on any atom is -0.441 e. The number of fused-ring (bicyclic) bond motifs is 1. The Bertz CT molecular complexity index is 691. The van der Waals surface area contributed by atoms with Crippen LogP contribution in [0.5, 0.6) is 0 Å². The number of benzene rings is 1. The quantitative estimate of drug-likeness (QED) is 0.916. The van der Waals surface area contributed by atoms with E-state index in [1.54, 1.807) is 6.92 Å². The average molecular weight is 280 g/mol. The van der Waals surface area contributed by atoms with Gasteiger partial charge in [-0.05, 0) is 18.2 Å². The molecule has 1 N–H and O–H groups in total. The minimum atomic E-state index is -5.42. The summed E-state index contributed by atoms with van der Waals surface area (Å²) in [4.78, 5) is 3.88. The van der Waals surface area contributed by atoms with Crippen molar-refractivity contribution in [3.63, 3.8) is 0 Å². The van der Waals surface area contributed by atoms with Gasteiger partial charge in [0, 0.05) is 6.92 Å². The fourth-order valence-electron chi connectivity index (χ4n) is 1.32. The third-order valence-corrected chi connectivity index (χ3v) is 3.17. The summed E-state index contributed by atoms with van der Waals surface area (Å²) in [6, 6.07) is 3.66. The van der Waals surface area contributed by atoms with E-state index in [0.29, 0.717) is 11.5 Å². The molecule has 9 heteroatoms. The standard InChI is InChI=1S/C9H7F3N2O3S/c1-5-13-7-4-6(2-3-8(7)17-5)14-18(15,16)9(10,11)12/h2-4,14H,1H3. The molecule has 18 heavy (non-hydrogen) atoms. The maximum Gasteiger partial charge on any atom is 0.516 e. The molecule has 0 fully saturated rings. The van der Waals surface area contributed by atoms with Crippen molar-refractivity contribution in [3.8, 4) is 0 Å². The highest BCUT2D eigenvalue weighted by Crippen LogP contribution is 2.27. The van der Waals surface area contributed by atoms with Gasteiger partial charge in [-0.1, -0.05) is 0 Å². The Kier molecular flexibility index (Phi) is 2.73. The van der Waals surface area contributed by atoms with Crippen LogP contribution in [0.1, 0.15) is 5.89 Å². The zero-order chi connectivity index (χ0) is 13.6. The zero-order valence-corrected chi connectivity index (χ0v) is 9.76. The number of hydrogen-bond acceptors (Lipinski definition) is 4. The molecule has 0 saturated heterocycles. The number of nitrogens with one attached hydrogen (secondary N) is 1. The summed E-state index contributed by atoms with van der Waals surface area (Å²) < 4.78 is 64.8. The van der Waals surface area contributed by atoms with E-state index in [2.05, 4.69) is 4.98 Å². The molecular formula is C9H7F3N2O3S. The van der Waals surface area contributed by atoms with Gasteiger partial charge in [0.15, 0.2) is 11.5 Å². The van der Waals surface area contributed by atoms with Crippen LogP contribution in [0.15, 0.2) is 22.6 Å². The topological polar surface area (TPSA) is 72.2 Å². The number of rotatable bonds is 2.